The van der Waals surface area contributed by atoms with E-state index in [1.54, 1.807) is 7.05 Å². The van der Waals surface area contributed by atoms with Gasteiger partial charge in [0.25, 0.3) is 5.91 Å². The molecule has 0 radical (unpaired) electrons. The minimum Gasteiger partial charge on any atom is -0.359 e. The number of carbonyl (C=O) groups is 2. The molecule has 6 heteroatoms. The predicted molar refractivity (Wildman–Crippen MR) is 90.4 cm³/mol. The Morgan fingerprint density at radius 2 is 2.17 bits per heavy atom. The van der Waals surface area contributed by atoms with Crippen LogP contribution in [0.4, 0.5) is 0 Å². The maximum atomic E-state index is 12.9. The molecule has 23 heavy (non-hydrogen) atoms. The summed E-state index contributed by atoms with van der Waals surface area (Å²) in [6.45, 7) is 3.92. The lowest BCUT2D eigenvalue weighted by molar-refractivity contribution is -0.121. The highest BCUT2D eigenvalue weighted by molar-refractivity contribution is 7.12. The zero-order valence-corrected chi connectivity index (χ0v) is 14.2. The molecule has 0 unspecified atom stereocenters. The van der Waals surface area contributed by atoms with Crippen LogP contribution in [-0.2, 0) is 17.9 Å². The van der Waals surface area contributed by atoms with Gasteiger partial charge in [0.05, 0.1) is 11.4 Å². The second-order valence-corrected chi connectivity index (χ2v) is 6.93. The summed E-state index contributed by atoms with van der Waals surface area (Å²) in [5.74, 6) is 0.201. The second-order valence-electron chi connectivity index (χ2n) is 6.01. The van der Waals surface area contributed by atoms with Gasteiger partial charge in [-0.05, 0) is 36.1 Å². The van der Waals surface area contributed by atoms with Gasteiger partial charge < -0.3 is 14.8 Å². The first-order chi connectivity index (χ1) is 11.1. The van der Waals surface area contributed by atoms with Crippen LogP contribution in [0.5, 0.6) is 0 Å². The normalized spacial score (nSPS) is 17.5. The SMILES string of the molecule is CNC(=O)C[C@H]1CN(C(=O)c2sccc2C)Cc2cccn2C1. The molecule has 122 valence electrons. The molecule has 2 aromatic heterocycles. The van der Waals surface area contributed by atoms with Gasteiger partial charge in [0.2, 0.25) is 5.91 Å². The van der Waals surface area contributed by atoms with Crippen LogP contribution in [0.1, 0.15) is 27.3 Å². The van der Waals surface area contributed by atoms with Crippen LogP contribution in [0.15, 0.2) is 29.8 Å². The van der Waals surface area contributed by atoms with Gasteiger partial charge in [0.15, 0.2) is 0 Å². The summed E-state index contributed by atoms with van der Waals surface area (Å²) in [6.07, 6.45) is 2.46. The average Bonchev–Trinajstić information content (AvgIpc) is 3.11. The fourth-order valence-electron chi connectivity index (χ4n) is 3.06. The van der Waals surface area contributed by atoms with Crippen molar-refractivity contribution in [1.82, 2.24) is 14.8 Å². The van der Waals surface area contributed by atoms with Crippen LogP contribution >= 0.6 is 11.3 Å². The van der Waals surface area contributed by atoms with Crippen molar-refractivity contribution in [1.29, 1.82) is 0 Å². The summed E-state index contributed by atoms with van der Waals surface area (Å²) in [5, 5.41) is 4.63. The molecule has 0 saturated heterocycles. The summed E-state index contributed by atoms with van der Waals surface area (Å²) < 4.78 is 2.15. The van der Waals surface area contributed by atoms with Gasteiger partial charge in [-0.2, -0.15) is 0 Å². The summed E-state index contributed by atoms with van der Waals surface area (Å²) in [5.41, 5.74) is 2.13. The smallest absolute Gasteiger partial charge is 0.264 e. The molecule has 0 aliphatic carbocycles. The lowest BCUT2D eigenvalue weighted by Crippen LogP contribution is -2.35. The van der Waals surface area contributed by atoms with Crippen LogP contribution in [-0.4, -0.2) is 34.9 Å². The highest BCUT2D eigenvalue weighted by atomic mass is 32.1. The average molecular weight is 331 g/mol. The van der Waals surface area contributed by atoms with E-state index in [9.17, 15) is 9.59 Å². The molecule has 3 rings (SSSR count). The third kappa shape index (κ3) is 3.32. The van der Waals surface area contributed by atoms with Crippen molar-refractivity contribution in [3.8, 4) is 0 Å². The third-order valence-electron chi connectivity index (χ3n) is 4.31. The first kappa shape index (κ1) is 15.8. The zero-order valence-electron chi connectivity index (χ0n) is 13.4. The molecule has 0 aromatic carbocycles. The number of thiophene rings is 1. The molecule has 1 aliphatic rings. The first-order valence-corrected chi connectivity index (χ1v) is 8.64. The molecule has 2 aromatic rings. The molecule has 0 saturated carbocycles. The van der Waals surface area contributed by atoms with E-state index in [2.05, 4.69) is 9.88 Å². The topological polar surface area (TPSA) is 54.3 Å². The van der Waals surface area contributed by atoms with Crippen LogP contribution in [0, 0.1) is 12.8 Å². The lowest BCUT2D eigenvalue weighted by Gasteiger charge is -2.23. The van der Waals surface area contributed by atoms with Crippen molar-refractivity contribution in [3.05, 3.63) is 45.9 Å². The number of rotatable bonds is 3. The number of aryl methyl sites for hydroxylation is 1. The number of nitrogens with one attached hydrogen (secondary N) is 1. The van der Waals surface area contributed by atoms with Crippen molar-refractivity contribution in [2.24, 2.45) is 5.92 Å². The number of nitrogens with zero attached hydrogens (tertiary/aromatic N) is 2. The summed E-state index contributed by atoms with van der Waals surface area (Å²) in [7, 11) is 1.65. The molecule has 1 aliphatic heterocycles. The summed E-state index contributed by atoms with van der Waals surface area (Å²) in [6, 6.07) is 6.01. The van der Waals surface area contributed by atoms with Gasteiger partial charge in [-0.1, -0.05) is 0 Å². The van der Waals surface area contributed by atoms with Crippen molar-refractivity contribution in [3.63, 3.8) is 0 Å². The Balaban J connectivity index is 1.86. The molecule has 0 bridgehead atoms. The molecule has 0 spiro atoms. The number of fused-ring (bicyclic) bond motifs is 1. The van der Waals surface area contributed by atoms with Gasteiger partial charge in [0, 0.05) is 44.4 Å². The zero-order chi connectivity index (χ0) is 16.4. The van der Waals surface area contributed by atoms with E-state index < -0.39 is 0 Å². The van der Waals surface area contributed by atoms with E-state index in [0.717, 1.165) is 22.7 Å². The fourth-order valence-corrected chi connectivity index (χ4v) is 3.95. The summed E-state index contributed by atoms with van der Waals surface area (Å²) in [4.78, 5) is 27.3. The molecular formula is C17H21N3O2S. The van der Waals surface area contributed by atoms with Gasteiger partial charge in [0.1, 0.15) is 0 Å². The second kappa shape index (κ2) is 6.58. The minimum absolute atomic E-state index is 0.0188. The van der Waals surface area contributed by atoms with E-state index >= 15 is 0 Å². The van der Waals surface area contributed by atoms with E-state index in [1.807, 2.05) is 41.6 Å². The van der Waals surface area contributed by atoms with E-state index in [-0.39, 0.29) is 17.7 Å². The van der Waals surface area contributed by atoms with Gasteiger partial charge in [-0.15, -0.1) is 11.3 Å². The highest BCUT2D eigenvalue weighted by Gasteiger charge is 2.27. The number of carbonyl (C=O) groups excluding carboxylic acids is 2. The third-order valence-corrected chi connectivity index (χ3v) is 5.31. The number of aromatic nitrogens is 1. The van der Waals surface area contributed by atoms with Crippen LogP contribution in [0.25, 0.3) is 0 Å². The molecular weight excluding hydrogens is 310 g/mol. The minimum atomic E-state index is 0.0188. The Bertz CT molecular complexity index is 719. The Hall–Kier alpha value is -2.08. The molecule has 5 nitrogen and oxygen atoms in total. The van der Waals surface area contributed by atoms with Gasteiger partial charge in [-0.3, -0.25) is 9.59 Å². The maximum absolute atomic E-state index is 12.9. The van der Waals surface area contributed by atoms with Crippen LogP contribution < -0.4 is 5.32 Å². The molecule has 3 heterocycles. The van der Waals surface area contributed by atoms with Crippen LogP contribution in [0.2, 0.25) is 0 Å². The lowest BCUT2D eigenvalue weighted by atomic mass is 10.0. The number of hydrogen-bond donors (Lipinski definition) is 1. The fraction of sp³-hybridized carbons (Fsp3) is 0.412. The Morgan fingerprint density at radius 3 is 2.87 bits per heavy atom. The van der Waals surface area contributed by atoms with Gasteiger partial charge in [-0.25, -0.2) is 0 Å². The standard InChI is InChI=1S/C17H21N3O2S/c1-12-5-7-23-16(12)17(22)20-10-13(8-15(21)18-2)9-19-6-3-4-14(19)11-20/h3-7,13H,8-11H2,1-2H3,(H,18,21)/t13-/m1/s1. The van der Waals surface area contributed by atoms with Crippen LogP contribution in [0.3, 0.4) is 0 Å². The highest BCUT2D eigenvalue weighted by Crippen LogP contribution is 2.24. The maximum Gasteiger partial charge on any atom is 0.264 e. The van der Waals surface area contributed by atoms with E-state index in [1.165, 1.54) is 11.3 Å². The van der Waals surface area contributed by atoms with E-state index in [0.29, 0.717) is 19.5 Å². The Kier molecular flexibility index (Phi) is 4.52. The quantitative estimate of drug-likeness (QED) is 0.938. The van der Waals surface area contributed by atoms with Gasteiger partial charge >= 0.3 is 0 Å². The molecule has 2 amide bonds. The predicted octanol–water partition coefficient (Wildman–Crippen LogP) is 2.27. The van der Waals surface area contributed by atoms with Crippen molar-refractivity contribution < 1.29 is 9.59 Å². The largest absolute Gasteiger partial charge is 0.359 e. The number of amides is 2. The monoisotopic (exact) mass is 331 g/mol. The number of hydrogen-bond acceptors (Lipinski definition) is 3. The van der Waals surface area contributed by atoms with Crippen molar-refractivity contribution in [2.45, 2.75) is 26.4 Å². The molecule has 1 atom stereocenters. The first-order valence-electron chi connectivity index (χ1n) is 7.76. The molecule has 0 fully saturated rings. The Morgan fingerprint density at radius 1 is 1.35 bits per heavy atom. The summed E-state index contributed by atoms with van der Waals surface area (Å²) >= 11 is 1.48. The van der Waals surface area contributed by atoms with Crippen molar-refractivity contribution >= 4 is 23.2 Å². The molecule has 1 N–H and O–H groups in total. The van der Waals surface area contributed by atoms with E-state index in [4.69, 9.17) is 0 Å². The Labute approximate surface area is 139 Å². The van der Waals surface area contributed by atoms with Crippen molar-refractivity contribution in [2.75, 3.05) is 13.6 Å².